The highest BCUT2D eigenvalue weighted by atomic mass is 19.1. The van der Waals surface area contributed by atoms with Crippen molar-refractivity contribution in [2.45, 2.75) is 31.7 Å². The molecule has 1 aliphatic rings. The predicted molar refractivity (Wildman–Crippen MR) is 71.4 cm³/mol. The molecule has 0 aromatic heterocycles. The summed E-state index contributed by atoms with van der Waals surface area (Å²) in [6, 6.07) is 5.28. The van der Waals surface area contributed by atoms with Gasteiger partial charge in [0.25, 0.3) is 0 Å². The molecule has 2 unspecified atom stereocenters. The molecule has 0 radical (unpaired) electrons. The van der Waals surface area contributed by atoms with E-state index in [0.717, 1.165) is 12.1 Å². The zero-order valence-corrected chi connectivity index (χ0v) is 10.8. The van der Waals surface area contributed by atoms with Crippen molar-refractivity contribution in [3.8, 4) is 5.75 Å². The first kappa shape index (κ1) is 13.1. The first-order valence-electron chi connectivity index (χ1n) is 6.54. The molecule has 2 rings (SSSR count). The molecule has 0 aliphatic heterocycles. The van der Waals surface area contributed by atoms with E-state index in [2.05, 4.69) is 5.32 Å². The molecular weight excluding hydrogens is 231 g/mol. The molecular formula is C14H21FN2O. The molecule has 0 spiro atoms. The highest BCUT2D eigenvalue weighted by Gasteiger charge is 2.23. The summed E-state index contributed by atoms with van der Waals surface area (Å²) in [5, 5.41) is 3.46. The lowest BCUT2D eigenvalue weighted by Crippen LogP contribution is -2.36. The van der Waals surface area contributed by atoms with E-state index in [1.54, 1.807) is 12.1 Å². The van der Waals surface area contributed by atoms with Crippen LogP contribution in [0.25, 0.3) is 0 Å². The van der Waals surface area contributed by atoms with Crippen LogP contribution in [0.4, 0.5) is 10.1 Å². The van der Waals surface area contributed by atoms with E-state index in [9.17, 15) is 4.39 Å². The van der Waals surface area contributed by atoms with Crippen molar-refractivity contribution >= 4 is 5.69 Å². The van der Waals surface area contributed by atoms with Crippen LogP contribution in [-0.2, 0) is 0 Å². The van der Waals surface area contributed by atoms with Gasteiger partial charge >= 0.3 is 0 Å². The maximum absolute atomic E-state index is 13.3. The lowest BCUT2D eigenvalue weighted by Gasteiger charge is -2.32. The molecule has 2 atom stereocenters. The molecule has 100 valence electrons. The van der Waals surface area contributed by atoms with Crippen LogP contribution in [0.1, 0.15) is 25.7 Å². The Morgan fingerprint density at radius 3 is 2.89 bits per heavy atom. The van der Waals surface area contributed by atoms with Crippen molar-refractivity contribution in [1.29, 1.82) is 0 Å². The third kappa shape index (κ3) is 2.93. The Balaban J connectivity index is 2.07. The van der Waals surface area contributed by atoms with Crippen molar-refractivity contribution in [1.82, 2.24) is 0 Å². The molecule has 1 saturated carbocycles. The molecule has 18 heavy (non-hydrogen) atoms. The van der Waals surface area contributed by atoms with Crippen molar-refractivity contribution in [2.75, 3.05) is 19.0 Å². The molecule has 3 N–H and O–H groups in total. The lowest BCUT2D eigenvalue weighted by molar-refractivity contribution is 0.332. The van der Waals surface area contributed by atoms with Gasteiger partial charge in [0.15, 0.2) is 11.6 Å². The average molecular weight is 252 g/mol. The molecule has 1 fully saturated rings. The molecule has 0 heterocycles. The predicted octanol–water partition coefficient (Wildman–Crippen LogP) is 2.76. The highest BCUT2D eigenvalue weighted by molar-refractivity contribution is 5.49. The number of anilines is 1. The minimum Gasteiger partial charge on any atom is -0.494 e. The van der Waals surface area contributed by atoms with Crippen molar-refractivity contribution < 1.29 is 9.13 Å². The van der Waals surface area contributed by atoms with E-state index in [1.807, 2.05) is 0 Å². The van der Waals surface area contributed by atoms with Gasteiger partial charge in [0, 0.05) is 17.8 Å². The number of nitrogens with two attached hydrogens (primary N) is 1. The van der Waals surface area contributed by atoms with Gasteiger partial charge in [-0.05, 0) is 37.4 Å². The zero-order chi connectivity index (χ0) is 13.0. The summed E-state index contributed by atoms with van der Waals surface area (Å²) in [7, 11) is 1.48. The van der Waals surface area contributed by atoms with Crippen LogP contribution >= 0.6 is 0 Å². The second-order valence-electron chi connectivity index (χ2n) is 4.88. The topological polar surface area (TPSA) is 47.3 Å². The van der Waals surface area contributed by atoms with Crippen LogP contribution in [-0.4, -0.2) is 19.7 Å². The number of methoxy groups -OCH3 is 1. The van der Waals surface area contributed by atoms with Crippen LogP contribution in [0, 0.1) is 11.7 Å². The molecule has 0 amide bonds. The molecule has 1 aliphatic carbocycles. The standard InChI is InChI=1S/C14H21FN2O/c1-18-14-8-11(6-7-12(14)15)17-13-5-3-2-4-10(13)9-16/h6-8,10,13,17H,2-5,9,16H2,1H3. The van der Waals surface area contributed by atoms with E-state index >= 15 is 0 Å². The maximum Gasteiger partial charge on any atom is 0.165 e. The quantitative estimate of drug-likeness (QED) is 0.866. The number of ether oxygens (including phenoxy) is 1. The van der Waals surface area contributed by atoms with Crippen LogP contribution in [0.15, 0.2) is 18.2 Å². The Hall–Kier alpha value is -1.29. The molecule has 3 nitrogen and oxygen atoms in total. The Labute approximate surface area is 108 Å². The molecule has 0 saturated heterocycles. The summed E-state index contributed by atoms with van der Waals surface area (Å²) >= 11 is 0. The molecule has 1 aromatic rings. The Bertz CT molecular complexity index is 397. The van der Waals surface area contributed by atoms with Gasteiger partial charge in [0.1, 0.15) is 0 Å². The van der Waals surface area contributed by atoms with Crippen molar-refractivity contribution in [2.24, 2.45) is 11.7 Å². The van der Waals surface area contributed by atoms with Crippen molar-refractivity contribution in [3.63, 3.8) is 0 Å². The van der Waals surface area contributed by atoms with Gasteiger partial charge < -0.3 is 15.8 Å². The number of halogens is 1. The van der Waals surface area contributed by atoms with E-state index < -0.39 is 0 Å². The van der Waals surface area contributed by atoms with Gasteiger partial charge in [-0.25, -0.2) is 4.39 Å². The summed E-state index contributed by atoms with van der Waals surface area (Å²) in [4.78, 5) is 0. The molecule has 4 heteroatoms. The van der Waals surface area contributed by atoms with Gasteiger partial charge in [-0.1, -0.05) is 12.8 Å². The number of rotatable bonds is 4. The third-order valence-electron chi connectivity index (χ3n) is 3.72. The van der Waals surface area contributed by atoms with Crippen molar-refractivity contribution in [3.05, 3.63) is 24.0 Å². The average Bonchev–Trinajstić information content (AvgIpc) is 2.41. The smallest absolute Gasteiger partial charge is 0.165 e. The first-order valence-corrected chi connectivity index (χ1v) is 6.54. The summed E-state index contributed by atoms with van der Waals surface area (Å²) in [5.41, 5.74) is 6.70. The second kappa shape index (κ2) is 6.05. The Morgan fingerprint density at radius 2 is 2.17 bits per heavy atom. The fourth-order valence-corrected chi connectivity index (χ4v) is 2.64. The number of hydrogen-bond acceptors (Lipinski definition) is 3. The van der Waals surface area contributed by atoms with Gasteiger partial charge in [-0.15, -0.1) is 0 Å². The second-order valence-corrected chi connectivity index (χ2v) is 4.88. The fraction of sp³-hybridized carbons (Fsp3) is 0.571. The normalized spacial score (nSPS) is 23.7. The monoisotopic (exact) mass is 252 g/mol. The van der Waals surface area contributed by atoms with E-state index in [1.165, 1.54) is 32.4 Å². The lowest BCUT2D eigenvalue weighted by atomic mass is 9.84. The number of nitrogens with one attached hydrogen (secondary N) is 1. The highest BCUT2D eigenvalue weighted by Crippen LogP contribution is 2.28. The SMILES string of the molecule is COc1cc(NC2CCCCC2CN)ccc1F. The molecule has 1 aromatic carbocycles. The van der Waals surface area contributed by atoms with Gasteiger partial charge in [-0.3, -0.25) is 0 Å². The van der Waals surface area contributed by atoms with Crippen LogP contribution in [0.3, 0.4) is 0 Å². The maximum atomic E-state index is 13.3. The van der Waals surface area contributed by atoms with Crippen LogP contribution < -0.4 is 15.8 Å². The minimum absolute atomic E-state index is 0.278. The minimum atomic E-state index is -0.331. The Morgan fingerprint density at radius 1 is 1.39 bits per heavy atom. The largest absolute Gasteiger partial charge is 0.494 e. The van der Waals surface area contributed by atoms with Crippen LogP contribution in [0.2, 0.25) is 0 Å². The zero-order valence-electron chi connectivity index (χ0n) is 10.8. The van der Waals surface area contributed by atoms with Crippen LogP contribution in [0.5, 0.6) is 5.75 Å². The summed E-state index contributed by atoms with van der Waals surface area (Å²) in [6.45, 7) is 0.704. The summed E-state index contributed by atoms with van der Waals surface area (Å²) in [5.74, 6) is 0.456. The molecule has 0 bridgehead atoms. The van der Waals surface area contributed by atoms with Gasteiger partial charge in [0.05, 0.1) is 7.11 Å². The number of benzene rings is 1. The number of hydrogen-bond donors (Lipinski definition) is 2. The van der Waals surface area contributed by atoms with Gasteiger partial charge in [-0.2, -0.15) is 0 Å². The van der Waals surface area contributed by atoms with E-state index in [0.29, 0.717) is 18.5 Å². The fourth-order valence-electron chi connectivity index (χ4n) is 2.64. The Kier molecular flexibility index (Phi) is 4.42. The van der Waals surface area contributed by atoms with E-state index in [-0.39, 0.29) is 11.6 Å². The first-order chi connectivity index (χ1) is 8.74. The third-order valence-corrected chi connectivity index (χ3v) is 3.72. The van der Waals surface area contributed by atoms with Gasteiger partial charge in [0.2, 0.25) is 0 Å². The van der Waals surface area contributed by atoms with E-state index in [4.69, 9.17) is 10.5 Å². The summed E-state index contributed by atoms with van der Waals surface area (Å²) < 4.78 is 18.3. The summed E-state index contributed by atoms with van der Waals surface area (Å²) in [6.07, 6.45) is 4.79.